The Balaban J connectivity index is 1.84. The molecule has 0 amide bonds. The lowest BCUT2D eigenvalue weighted by Gasteiger charge is -2.13. The van der Waals surface area contributed by atoms with Crippen molar-refractivity contribution in [2.75, 3.05) is 7.11 Å². The number of phenols is 1. The first-order chi connectivity index (χ1) is 11.7. The van der Waals surface area contributed by atoms with Gasteiger partial charge in [0.05, 0.1) is 7.11 Å². The van der Waals surface area contributed by atoms with Crippen LogP contribution in [0.5, 0.6) is 11.5 Å². The summed E-state index contributed by atoms with van der Waals surface area (Å²) < 4.78 is 5.19. The lowest BCUT2D eigenvalue weighted by atomic mass is 9.93. The molecule has 0 aliphatic heterocycles. The molecule has 0 saturated heterocycles. The molecular formula is C21H21NO2. The minimum Gasteiger partial charge on any atom is -0.504 e. The van der Waals surface area contributed by atoms with Crippen molar-refractivity contribution in [1.82, 2.24) is 4.98 Å². The van der Waals surface area contributed by atoms with Crippen molar-refractivity contribution in [2.45, 2.75) is 19.3 Å². The van der Waals surface area contributed by atoms with Crippen LogP contribution in [-0.4, -0.2) is 17.2 Å². The molecule has 24 heavy (non-hydrogen) atoms. The van der Waals surface area contributed by atoms with E-state index in [1.54, 1.807) is 13.2 Å². The first-order valence-corrected chi connectivity index (χ1v) is 8.03. The number of hydrogen-bond donors (Lipinski definition) is 1. The number of ether oxygens (including phenoxy) is 1. The molecule has 0 radical (unpaired) electrons. The molecule has 0 unspecified atom stereocenters. The van der Waals surface area contributed by atoms with Gasteiger partial charge >= 0.3 is 0 Å². The summed E-state index contributed by atoms with van der Waals surface area (Å²) >= 11 is 0. The van der Waals surface area contributed by atoms with Crippen molar-refractivity contribution in [3.63, 3.8) is 0 Å². The van der Waals surface area contributed by atoms with E-state index in [4.69, 9.17) is 4.74 Å². The van der Waals surface area contributed by atoms with Gasteiger partial charge < -0.3 is 9.84 Å². The second-order valence-electron chi connectivity index (χ2n) is 5.98. The van der Waals surface area contributed by atoms with Crippen LogP contribution in [0.25, 0.3) is 11.1 Å². The standard InChI is InChI=1S/C21H21NO2/c1-15(17-6-4-3-5-7-17)10-16-11-19(14-22-13-16)18-8-9-20(23)21(12-18)24-2/h3-9,11-15,23H,10H2,1-2H3/t15-/m1/s1. The predicted molar refractivity (Wildman–Crippen MR) is 96.5 cm³/mol. The molecule has 0 saturated carbocycles. The molecule has 122 valence electrons. The summed E-state index contributed by atoms with van der Waals surface area (Å²) in [5.41, 5.74) is 4.52. The van der Waals surface area contributed by atoms with Crippen LogP contribution in [0.4, 0.5) is 0 Å². The van der Waals surface area contributed by atoms with E-state index >= 15 is 0 Å². The zero-order chi connectivity index (χ0) is 16.9. The third-order valence-electron chi connectivity index (χ3n) is 4.22. The second kappa shape index (κ2) is 7.18. The van der Waals surface area contributed by atoms with Gasteiger partial charge in [-0.1, -0.05) is 43.3 Å². The van der Waals surface area contributed by atoms with Gasteiger partial charge in [0.15, 0.2) is 11.5 Å². The number of rotatable bonds is 5. The number of pyridine rings is 1. The molecule has 0 aliphatic rings. The van der Waals surface area contributed by atoms with Gasteiger partial charge in [0, 0.05) is 18.0 Å². The maximum absolute atomic E-state index is 9.74. The fourth-order valence-electron chi connectivity index (χ4n) is 2.87. The van der Waals surface area contributed by atoms with Crippen LogP contribution < -0.4 is 4.74 Å². The highest BCUT2D eigenvalue weighted by atomic mass is 16.5. The van der Waals surface area contributed by atoms with E-state index in [2.05, 4.69) is 42.2 Å². The minimum absolute atomic E-state index is 0.142. The van der Waals surface area contributed by atoms with Gasteiger partial charge in [-0.2, -0.15) is 0 Å². The van der Waals surface area contributed by atoms with Crippen molar-refractivity contribution in [3.8, 4) is 22.6 Å². The molecule has 2 aromatic carbocycles. The van der Waals surface area contributed by atoms with Gasteiger partial charge in [-0.05, 0) is 47.2 Å². The number of nitrogens with zero attached hydrogens (tertiary/aromatic N) is 1. The van der Waals surface area contributed by atoms with Crippen molar-refractivity contribution < 1.29 is 9.84 Å². The summed E-state index contributed by atoms with van der Waals surface area (Å²) in [6.07, 6.45) is 4.68. The number of aromatic nitrogens is 1. The zero-order valence-corrected chi connectivity index (χ0v) is 13.9. The summed E-state index contributed by atoms with van der Waals surface area (Å²) in [5.74, 6) is 1.04. The summed E-state index contributed by atoms with van der Waals surface area (Å²) in [5, 5.41) is 9.74. The molecule has 0 spiro atoms. The van der Waals surface area contributed by atoms with Crippen LogP contribution in [-0.2, 0) is 6.42 Å². The van der Waals surface area contributed by atoms with E-state index < -0.39 is 0 Å². The largest absolute Gasteiger partial charge is 0.504 e. The van der Waals surface area contributed by atoms with E-state index in [1.807, 2.05) is 30.6 Å². The van der Waals surface area contributed by atoms with Gasteiger partial charge in [0.1, 0.15) is 0 Å². The molecule has 3 nitrogen and oxygen atoms in total. The highest BCUT2D eigenvalue weighted by Crippen LogP contribution is 2.32. The predicted octanol–water partition coefficient (Wildman–Crippen LogP) is 4.81. The topological polar surface area (TPSA) is 42.4 Å². The Hall–Kier alpha value is -2.81. The number of benzene rings is 2. The average Bonchev–Trinajstić information content (AvgIpc) is 2.63. The van der Waals surface area contributed by atoms with Crippen LogP contribution in [0, 0.1) is 0 Å². The fraction of sp³-hybridized carbons (Fsp3) is 0.190. The summed E-state index contributed by atoms with van der Waals surface area (Å²) in [7, 11) is 1.55. The molecule has 3 rings (SSSR count). The zero-order valence-electron chi connectivity index (χ0n) is 13.9. The average molecular weight is 319 g/mol. The van der Waals surface area contributed by atoms with E-state index in [9.17, 15) is 5.11 Å². The van der Waals surface area contributed by atoms with Gasteiger partial charge in [-0.25, -0.2) is 0 Å². The van der Waals surface area contributed by atoms with Crippen LogP contribution >= 0.6 is 0 Å². The fourth-order valence-corrected chi connectivity index (χ4v) is 2.87. The molecular weight excluding hydrogens is 298 g/mol. The van der Waals surface area contributed by atoms with Crippen molar-refractivity contribution in [2.24, 2.45) is 0 Å². The van der Waals surface area contributed by atoms with E-state index in [0.29, 0.717) is 11.7 Å². The van der Waals surface area contributed by atoms with Crippen LogP contribution in [0.1, 0.15) is 24.0 Å². The third kappa shape index (κ3) is 3.57. The molecule has 0 fully saturated rings. The molecule has 1 N–H and O–H groups in total. The van der Waals surface area contributed by atoms with Gasteiger partial charge in [-0.3, -0.25) is 4.98 Å². The lowest BCUT2D eigenvalue weighted by Crippen LogP contribution is -1.99. The Morgan fingerprint density at radius 1 is 1.00 bits per heavy atom. The van der Waals surface area contributed by atoms with Gasteiger partial charge in [-0.15, -0.1) is 0 Å². The number of aromatic hydroxyl groups is 1. The van der Waals surface area contributed by atoms with E-state index in [1.165, 1.54) is 11.1 Å². The highest BCUT2D eigenvalue weighted by molar-refractivity contribution is 5.66. The van der Waals surface area contributed by atoms with Gasteiger partial charge in [0.25, 0.3) is 0 Å². The molecule has 1 aromatic heterocycles. The molecule has 3 aromatic rings. The smallest absolute Gasteiger partial charge is 0.161 e. The number of methoxy groups -OCH3 is 1. The van der Waals surface area contributed by atoms with Gasteiger partial charge in [0.2, 0.25) is 0 Å². The summed E-state index contributed by atoms with van der Waals surface area (Å²) in [4.78, 5) is 4.38. The quantitative estimate of drug-likeness (QED) is 0.734. The Labute approximate surface area is 142 Å². The SMILES string of the molecule is COc1cc(-c2cncc(C[C@@H](C)c3ccccc3)c2)ccc1O. The first kappa shape index (κ1) is 16.1. The van der Waals surface area contributed by atoms with Crippen LogP contribution in [0.2, 0.25) is 0 Å². The van der Waals surface area contributed by atoms with Crippen molar-refractivity contribution in [3.05, 3.63) is 78.1 Å². The van der Waals surface area contributed by atoms with Crippen LogP contribution in [0.3, 0.4) is 0 Å². The Bertz CT molecular complexity index is 815. The molecule has 1 heterocycles. The van der Waals surface area contributed by atoms with E-state index in [-0.39, 0.29) is 5.75 Å². The monoisotopic (exact) mass is 319 g/mol. The van der Waals surface area contributed by atoms with Crippen molar-refractivity contribution >= 4 is 0 Å². The molecule has 1 atom stereocenters. The summed E-state index contributed by atoms with van der Waals surface area (Å²) in [6, 6.07) is 18.0. The minimum atomic E-state index is 0.142. The second-order valence-corrected chi connectivity index (χ2v) is 5.98. The Morgan fingerprint density at radius 2 is 1.79 bits per heavy atom. The number of phenolic OH excluding ortho intramolecular Hbond substituents is 1. The van der Waals surface area contributed by atoms with Crippen LogP contribution in [0.15, 0.2) is 67.0 Å². The Morgan fingerprint density at radius 3 is 2.54 bits per heavy atom. The molecule has 3 heteroatoms. The van der Waals surface area contributed by atoms with Crippen molar-refractivity contribution in [1.29, 1.82) is 0 Å². The first-order valence-electron chi connectivity index (χ1n) is 8.03. The third-order valence-corrected chi connectivity index (χ3v) is 4.22. The maximum atomic E-state index is 9.74. The Kier molecular flexibility index (Phi) is 4.80. The summed E-state index contributed by atoms with van der Waals surface area (Å²) in [6.45, 7) is 2.23. The highest BCUT2D eigenvalue weighted by Gasteiger charge is 2.09. The molecule has 0 bridgehead atoms. The van der Waals surface area contributed by atoms with E-state index in [0.717, 1.165) is 17.5 Å². The molecule has 0 aliphatic carbocycles. The number of hydrogen-bond acceptors (Lipinski definition) is 3. The normalized spacial score (nSPS) is 11.9. The lowest BCUT2D eigenvalue weighted by molar-refractivity contribution is 0.373. The maximum Gasteiger partial charge on any atom is 0.161 e.